The maximum Gasteiger partial charge on any atom is 0.133 e. The average Bonchev–Trinajstić information content (AvgIpc) is 3.32. The molecule has 0 radical (unpaired) electrons. The van der Waals surface area contributed by atoms with Gasteiger partial charge in [-0.3, -0.25) is 0 Å². The number of benzene rings is 1. The molecule has 21 heavy (non-hydrogen) atoms. The van der Waals surface area contributed by atoms with E-state index >= 15 is 0 Å². The van der Waals surface area contributed by atoms with Gasteiger partial charge >= 0.3 is 0 Å². The van der Waals surface area contributed by atoms with Crippen LogP contribution in [0.5, 0.6) is 5.75 Å². The van der Waals surface area contributed by atoms with Crippen molar-refractivity contribution >= 4 is 15.9 Å². The van der Waals surface area contributed by atoms with Crippen LogP contribution in [0.15, 0.2) is 22.7 Å². The van der Waals surface area contributed by atoms with Crippen molar-refractivity contribution in [1.29, 1.82) is 0 Å². The quantitative estimate of drug-likeness (QED) is 0.837. The first kappa shape index (κ1) is 15.3. The van der Waals surface area contributed by atoms with E-state index in [1.807, 2.05) is 0 Å². The van der Waals surface area contributed by atoms with Gasteiger partial charge in [-0.25, -0.2) is 0 Å². The third-order valence-electron chi connectivity index (χ3n) is 4.37. The minimum atomic E-state index is 0.274. The average molecular weight is 354 g/mol. The lowest BCUT2D eigenvalue weighted by molar-refractivity contribution is 0.0207. The number of methoxy groups -OCH3 is 1. The molecule has 1 aromatic rings. The molecule has 3 nitrogen and oxygen atoms in total. The summed E-state index contributed by atoms with van der Waals surface area (Å²) in [6, 6.07) is 7.16. The monoisotopic (exact) mass is 353 g/mol. The molecular formula is C17H24BrNO2. The molecule has 0 bridgehead atoms. The number of halogens is 1. The Morgan fingerprint density at radius 3 is 2.71 bits per heavy atom. The van der Waals surface area contributed by atoms with Crippen molar-refractivity contribution in [1.82, 2.24) is 5.32 Å². The Hall–Kier alpha value is -0.580. The minimum Gasteiger partial charge on any atom is -0.489 e. The molecule has 2 atom stereocenters. The molecule has 1 aromatic carbocycles. The minimum absolute atomic E-state index is 0.274. The molecule has 2 unspecified atom stereocenters. The molecule has 0 amide bonds. The molecule has 0 saturated heterocycles. The van der Waals surface area contributed by atoms with Crippen molar-refractivity contribution in [3.8, 4) is 5.75 Å². The lowest BCUT2D eigenvalue weighted by Gasteiger charge is -2.29. The third-order valence-corrected chi connectivity index (χ3v) is 4.99. The van der Waals surface area contributed by atoms with Crippen LogP contribution in [0, 0.1) is 0 Å². The summed E-state index contributed by atoms with van der Waals surface area (Å²) in [5.74, 6) is 0.951. The Kier molecular flexibility index (Phi) is 5.19. The standard InChI is InChI=1S/C17H24BrNO2/c1-20-14-3-2-4-15(10-14)21-17-8-5-12(9-16(17)18)11-19-13-6-7-13/h5,8-9,13-15,19H,2-4,6-7,10-11H2,1H3. The van der Waals surface area contributed by atoms with Gasteiger partial charge in [-0.15, -0.1) is 0 Å². The van der Waals surface area contributed by atoms with Gasteiger partial charge in [0.05, 0.1) is 10.6 Å². The van der Waals surface area contributed by atoms with Crippen LogP contribution in [-0.2, 0) is 11.3 Å². The maximum absolute atomic E-state index is 6.16. The second kappa shape index (κ2) is 7.12. The van der Waals surface area contributed by atoms with Crippen LogP contribution in [0.4, 0.5) is 0 Å². The summed E-state index contributed by atoms with van der Waals surface area (Å²) in [5, 5.41) is 3.54. The third kappa shape index (κ3) is 4.44. The SMILES string of the molecule is COC1CCCC(Oc2ccc(CNC3CC3)cc2Br)C1. The summed E-state index contributed by atoms with van der Waals surface area (Å²) in [7, 11) is 1.80. The van der Waals surface area contributed by atoms with Crippen molar-refractivity contribution in [2.24, 2.45) is 0 Å². The topological polar surface area (TPSA) is 30.5 Å². The largest absolute Gasteiger partial charge is 0.489 e. The second-order valence-electron chi connectivity index (χ2n) is 6.18. The van der Waals surface area contributed by atoms with Crippen LogP contribution in [0.2, 0.25) is 0 Å². The Morgan fingerprint density at radius 1 is 1.19 bits per heavy atom. The van der Waals surface area contributed by atoms with Crippen LogP contribution in [0.3, 0.4) is 0 Å². The van der Waals surface area contributed by atoms with Crippen molar-refractivity contribution < 1.29 is 9.47 Å². The highest BCUT2D eigenvalue weighted by atomic mass is 79.9. The first-order valence-electron chi connectivity index (χ1n) is 7.96. The first-order valence-corrected chi connectivity index (χ1v) is 8.75. The molecule has 2 saturated carbocycles. The van der Waals surface area contributed by atoms with E-state index in [1.54, 1.807) is 7.11 Å². The summed E-state index contributed by atoms with van der Waals surface area (Å²) in [5.41, 5.74) is 1.31. The molecule has 2 fully saturated rings. The van der Waals surface area contributed by atoms with Crippen LogP contribution in [-0.4, -0.2) is 25.4 Å². The van der Waals surface area contributed by atoms with Crippen molar-refractivity contribution in [3.63, 3.8) is 0 Å². The van der Waals surface area contributed by atoms with Gasteiger partial charge in [-0.1, -0.05) is 6.07 Å². The maximum atomic E-state index is 6.16. The zero-order valence-electron chi connectivity index (χ0n) is 12.6. The second-order valence-corrected chi connectivity index (χ2v) is 7.04. The van der Waals surface area contributed by atoms with Gasteiger partial charge in [-0.05, 0) is 65.7 Å². The van der Waals surface area contributed by atoms with E-state index < -0.39 is 0 Å². The summed E-state index contributed by atoms with van der Waals surface area (Å²) in [4.78, 5) is 0. The molecule has 0 heterocycles. The number of hydrogen-bond acceptors (Lipinski definition) is 3. The van der Waals surface area contributed by atoms with E-state index in [-0.39, 0.29) is 6.10 Å². The number of nitrogens with one attached hydrogen (secondary N) is 1. The first-order chi connectivity index (χ1) is 10.2. The van der Waals surface area contributed by atoms with E-state index in [9.17, 15) is 0 Å². The fourth-order valence-electron chi connectivity index (χ4n) is 2.90. The molecule has 116 valence electrons. The zero-order valence-corrected chi connectivity index (χ0v) is 14.2. The summed E-state index contributed by atoms with van der Waals surface area (Å²) in [6.07, 6.45) is 7.73. The zero-order chi connectivity index (χ0) is 14.7. The molecule has 1 N–H and O–H groups in total. The number of hydrogen-bond donors (Lipinski definition) is 1. The van der Waals surface area contributed by atoms with Gasteiger partial charge in [0.25, 0.3) is 0 Å². The smallest absolute Gasteiger partial charge is 0.133 e. The molecule has 0 aliphatic heterocycles. The van der Waals surface area contributed by atoms with Crippen molar-refractivity contribution in [2.45, 2.75) is 63.3 Å². The van der Waals surface area contributed by atoms with Gasteiger partial charge in [0.2, 0.25) is 0 Å². The molecule has 4 heteroatoms. The lowest BCUT2D eigenvalue weighted by Crippen LogP contribution is -2.29. The summed E-state index contributed by atoms with van der Waals surface area (Å²) < 4.78 is 12.7. The summed E-state index contributed by atoms with van der Waals surface area (Å²) >= 11 is 3.64. The van der Waals surface area contributed by atoms with Crippen LogP contribution < -0.4 is 10.1 Å². The highest BCUT2D eigenvalue weighted by molar-refractivity contribution is 9.10. The number of rotatable bonds is 6. The molecule has 0 spiro atoms. The number of ether oxygens (including phenoxy) is 2. The van der Waals surface area contributed by atoms with E-state index in [1.165, 1.54) is 24.8 Å². The van der Waals surface area contributed by atoms with Crippen molar-refractivity contribution in [3.05, 3.63) is 28.2 Å². The van der Waals surface area contributed by atoms with E-state index in [4.69, 9.17) is 9.47 Å². The van der Waals surface area contributed by atoms with Gasteiger partial charge in [-0.2, -0.15) is 0 Å². The fraction of sp³-hybridized carbons (Fsp3) is 0.647. The van der Waals surface area contributed by atoms with Gasteiger partial charge in [0.15, 0.2) is 0 Å². The highest BCUT2D eigenvalue weighted by Gasteiger charge is 2.24. The van der Waals surface area contributed by atoms with Crippen molar-refractivity contribution in [2.75, 3.05) is 7.11 Å². The van der Waals surface area contributed by atoms with Crippen LogP contribution in [0.25, 0.3) is 0 Å². The summed E-state index contributed by atoms with van der Waals surface area (Å²) in [6.45, 7) is 0.943. The van der Waals surface area contributed by atoms with Gasteiger partial charge < -0.3 is 14.8 Å². The van der Waals surface area contributed by atoms with Crippen LogP contribution >= 0.6 is 15.9 Å². The Bertz CT molecular complexity index is 476. The Morgan fingerprint density at radius 2 is 2.00 bits per heavy atom. The van der Waals surface area contributed by atoms with E-state index in [0.717, 1.165) is 42.1 Å². The fourth-order valence-corrected chi connectivity index (χ4v) is 3.42. The lowest BCUT2D eigenvalue weighted by atomic mass is 9.95. The van der Waals surface area contributed by atoms with E-state index in [2.05, 4.69) is 39.4 Å². The molecule has 3 rings (SSSR count). The normalized spacial score (nSPS) is 25.8. The Labute approximate surface area is 135 Å². The molecule has 2 aliphatic carbocycles. The molecule has 0 aromatic heterocycles. The molecular weight excluding hydrogens is 330 g/mol. The van der Waals surface area contributed by atoms with Gasteiger partial charge in [0.1, 0.15) is 11.9 Å². The van der Waals surface area contributed by atoms with E-state index in [0.29, 0.717) is 6.10 Å². The predicted molar refractivity (Wildman–Crippen MR) is 87.7 cm³/mol. The predicted octanol–water partition coefficient (Wildman–Crippen LogP) is 4.04. The highest BCUT2D eigenvalue weighted by Crippen LogP contribution is 2.31. The molecule has 2 aliphatic rings. The Balaban J connectivity index is 1.56. The van der Waals surface area contributed by atoms with Gasteiger partial charge in [0, 0.05) is 26.1 Å². The van der Waals surface area contributed by atoms with Crippen LogP contribution in [0.1, 0.15) is 44.1 Å².